The lowest BCUT2D eigenvalue weighted by Crippen LogP contribution is -2.33. The Labute approximate surface area is 105 Å². The first-order valence-electron chi connectivity index (χ1n) is 7.73. The molecular weight excluding hydrogens is 224 g/mol. The predicted octanol–water partition coefficient (Wildman–Crippen LogP) is 1.87. The summed E-state index contributed by atoms with van der Waals surface area (Å²) >= 11 is 0. The van der Waals surface area contributed by atoms with Crippen LogP contribution in [0.2, 0.25) is 0 Å². The number of hydrogen-bond donors (Lipinski definition) is 1. The first-order valence-corrected chi connectivity index (χ1v) is 6.39. The zero-order valence-corrected chi connectivity index (χ0v) is 9.66. The lowest BCUT2D eigenvalue weighted by molar-refractivity contribution is 0.0339. The summed E-state index contributed by atoms with van der Waals surface area (Å²) in [6.45, 7) is -5.38. The molecule has 90 valence electrons. The van der Waals surface area contributed by atoms with Crippen LogP contribution in [0.25, 0.3) is 0 Å². The second-order valence-corrected chi connectivity index (χ2v) is 5.80. The van der Waals surface area contributed by atoms with E-state index in [-0.39, 0.29) is 4.90 Å². The summed E-state index contributed by atoms with van der Waals surface area (Å²) in [7, 11) is -3.92. The third-order valence-electron chi connectivity index (χ3n) is 2.28. The molecule has 0 heterocycles. The van der Waals surface area contributed by atoms with E-state index in [4.69, 9.17) is 8.22 Å². The van der Waals surface area contributed by atoms with Gasteiger partial charge in [-0.3, -0.25) is 0 Å². The third kappa shape index (κ3) is 3.32. The molecule has 0 radical (unpaired) electrons. The van der Waals surface area contributed by atoms with Gasteiger partial charge in [-0.25, -0.2) is 8.42 Å². The molecule has 16 heavy (non-hydrogen) atoms. The molecule has 0 unspecified atom stereocenters. The molecule has 0 aliphatic heterocycles. The van der Waals surface area contributed by atoms with E-state index in [1.54, 1.807) is 6.07 Å². The second-order valence-electron chi connectivity index (χ2n) is 3.76. The van der Waals surface area contributed by atoms with Gasteiger partial charge in [0.25, 0.3) is 0 Å². The Balaban J connectivity index is 3.22. The number of sulfone groups is 1. The van der Waals surface area contributed by atoms with E-state index in [2.05, 4.69) is 0 Å². The fourth-order valence-corrected chi connectivity index (χ4v) is 2.84. The Kier molecular flexibility index (Phi) is 1.93. The van der Waals surface area contributed by atoms with Gasteiger partial charge in [0.1, 0.15) is 0 Å². The van der Waals surface area contributed by atoms with E-state index < -0.39 is 40.8 Å². The number of benzene rings is 1. The minimum atomic E-state index is -3.92. The average molecular weight is 248 g/mol. The van der Waals surface area contributed by atoms with Crippen molar-refractivity contribution >= 4 is 9.84 Å². The van der Waals surface area contributed by atoms with Gasteiger partial charge in [0.05, 0.1) is 16.2 Å². The summed E-state index contributed by atoms with van der Waals surface area (Å²) in [5.74, 6) is -2.30. The Morgan fingerprint density at radius 3 is 2.44 bits per heavy atom. The SMILES string of the molecule is [2H]C([2H])([2H])C(O)([C@@H](C)CS(=O)(=O)c1ccccc1)C([2H])([2H])[2H]. The van der Waals surface area contributed by atoms with Crippen LogP contribution in [0, 0.1) is 5.92 Å². The monoisotopic (exact) mass is 248 g/mol. The first kappa shape index (κ1) is 6.77. The highest BCUT2D eigenvalue weighted by Gasteiger charge is 2.28. The predicted molar refractivity (Wildman–Crippen MR) is 64.0 cm³/mol. The zero-order valence-electron chi connectivity index (χ0n) is 14.8. The highest BCUT2D eigenvalue weighted by atomic mass is 32.2. The second kappa shape index (κ2) is 4.55. The molecule has 3 nitrogen and oxygen atoms in total. The summed E-state index contributed by atoms with van der Waals surface area (Å²) in [5.41, 5.74) is -3.11. The van der Waals surface area contributed by atoms with Gasteiger partial charge < -0.3 is 5.11 Å². The van der Waals surface area contributed by atoms with Crippen LogP contribution >= 0.6 is 0 Å². The zero-order chi connectivity index (χ0) is 17.4. The van der Waals surface area contributed by atoms with Crippen LogP contribution in [0.4, 0.5) is 0 Å². The standard InChI is InChI=1S/C12H18O3S/c1-10(12(2,3)13)9-16(14,15)11-7-5-4-6-8-11/h4-8,10,13H,9H2,1-3H3/t10-/m0/s1/i2D3,3D3. The van der Waals surface area contributed by atoms with E-state index in [9.17, 15) is 13.5 Å². The number of aliphatic hydroxyl groups is 1. The van der Waals surface area contributed by atoms with Gasteiger partial charge in [-0.1, -0.05) is 25.1 Å². The first-order chi connectivity index (χ1) is 9.73. The molecule has 1 rings (SSSR count). The average Bonchev–Trinajstić information content (AvgIpc) is 2.35. The molecule has 0 amide bonds. The summed E-state index contributed by atoms with van der Waals surface area (Å²) in [6, 6.07) is 7.26. The smallest absolute Gasteiger partial charge is 0.178 e. The van der Waals surface area contributed by atoms with Crippen molar-refractivity contribution in [2.24, 2.45) is 5.92 Å². The van der Waals surface area contributed by atoms with Gasteiger partial charge in [0.15, 0.2) is 9.84 Å². The molecule has 1 N–H and O–H groups in total. The summed E-state index contributed by atoms with van der Waals surface area (Å²) in [5, 5.41) is 10.3. The Bertz CT molecular complexity index is 592. The molecule has 1 aromatic carbocycles. The summed E-state index contributed by atoms with van der Waals surface area (Å²) in [6.07, 6.45) is 0. The van der Waals surface area contributed by atoms with Crippen LogP contribution in [0.15, 0.2) is 35.2 Å². The molecule has 4 heteroatoms. The topological polar surface area (TPSA) is 54.4 Å². The molecule has 0 aliphatic carbocycles. The van der Waals surface area contributed by atoms with Crippen LogP contribution in [-0.4, -0.2) is 24.9 Å². The number of hydrogen-bond acceptors (Lipinski definition) is 3. The van der Waals surface area contributed by atoms with Crippen LogP contribution in [-0.2, 0) is 9.84 Å². The van der Waals surface area contributed by atoms with Crippen LogP contribution < -0.4 is 0 Å². The van der Waals surface area contributed by atoms with E-state index in [1.165, 1.54) is 24.3 Å². The molecule has 0 spiro atoms. The highest BCUT2D eigenvalue weighted by Crippen LogP contribution is 2.21. The lowest BCUT2D eigenvalue weighted by atomic mass is 9.95. The molecule has 0 saturated heterocycles. The quantitative estimate of drug-likeness (QED) is 0.885. The van der Waals surface area contributed by atoms with Crippen LogP contribution in [0.5, 0.6) is 0 Å². The lowest BCUT2D eigenvalue weighted by Gasteiger charge is -2.25. The molecule has 0 aromatic heterocycles. The molecular formula is C12H18O3S. The van der Waals surface area contributed by atoms with E-state index in [0.717, 1.165) is 6.92 Å². The van der Waals surface area contributed by atoms with Gasteiger partial charge in [0, 0.05) is 8.22 Å². The normalized spacial score (nSPS) is 21.9. The number of rotatable bonds is 4. The Hall–Kier alpha value is -0.870. The van der Waals surface area contributed by atoms with E-state index in [0.29, 0.717) is 0 Å². The van der Waals surface area contributed by atoms with Gasteiger partial charge in [0.2, 0.25) is 0 Å². The van der Waals surface area contributed by atoms with E-state index in [1.807, 2.05) is 0 Å². The maximum Gasteiger partial charge on any atom is 0.178 e. The van der Waals surface area contributed by atoms with Crippen molar-refractivity contribution in [3.63, 3.8) is 0 Å². The van der Waals surface area contributed by atoms with Crippen LogP contribution in [0.1, 0.15) is 28.9 Å². The maximum absolute atomic E-state index is 12.3. The molecule has 1 atom stereocenters. The fourth-order valence-electron chi connectivity index (χ4n) is 1.17. The van der Waals surface area contributed by atoms with Gasteiger partial charge in [-0.15, -0.1) is 0 Å². The van der Waals surface area contributed by atoms with Crippen molar-refractivity contribution in [1.29, 1.82) is 0 Å². The van der Waals surface area contributed by atoms with Gasteiger partial charge in [-0.05, 0) is 31.8 Å². The molecule has 0 bridgehead atoms. The van der Waals surface area contributed by atoms with Crippen molar-refractivity contribution in [2.75, 3.05) is 5.75 Å². The van der Waals surface area contributed by atoms with Crippen molar-refractivity contribution in [1.82, 2.24) is 0 Å². The summed E-state index contributed by atoms with van der Waals surface area (Å²) in [4.78, 5) is -0.0553. The van der Waals surface area contributed by atoms with Gasteiger partial charge in [-0.2, -0.15) is 0 Å². The molecule has 0 aliphatic rings. The highest BCUT2D eigenvalue weighted by molar-refractivity contribution is 7.91. The van der Waals surface area contributed by atoms with E-state index >= 15 is 0 Å². The Morgan fingerprint density at radius 1 is 1.38 bits per heavy atom. The third-order valence-corrected chi connectivity index (χ3v) is 4.21. The Morgan fingerprint density at radius 2 is 1.94 bits per heavy atom. The largest absolute Gasteiger partial charge is 0.390 e. The molecule has 0 fully saturated rings. The van der Waals surface area contributed by atoms with Crippen molar-refractivity contribution in [3.8, 4) is 0 Å². The maximum atomic E-state index is 12.3. The fraction of sp³-hybridized carbons (Fsp3) is 0.500. The van der Waals surface area contributed by atoms with Crippen LogP contribution in [0.3, 0.4) is 0 Å². The van der Waals surface area contributed by atoms with Crippen molar-refractivity contribution in [3.05, 3.63) is 30.3 Å². The molecule has 1 aromatic rings. The van der Waals surface area contributed by atoms with Gasteiger partial charge >= 0.3 is 0 Å². The minimum absolute atomic E-state index is 0.0553. The summed E-state index contributed by atoms with van der Waals surface area (Å²) < 4.78 is 68.4. The minimum Gasteiger partial charge on any atom is -0.390 e. The molecule has 0 saturated carbocycles. The van der Waals surface area contributed by atoms with Crippen molar-refractivity contribution < 1.29 is 21.7 Å². The van der Waals surface area contributed by atoms with Crippen molar-refractivity contribution in [2.45, 2.75) is 31.1 Å².